The van der Waals surface area contributed by atoms with Crippen LogP contribution in [0.3, 0.4) is 0 Å². The molecule has 0 heterocycles. The molecule has 1 atom stereocenters. The Morgan fingerprint density at radius 3 is 2.38 bits per heavy atom. The number of thioether (sulfide) groups is 1. The van der Waals surface area contributed by atoms with Crippen LogP contribution in [-0.4, -0.2) is 22.3 Å². The Kier molecular flexibility index (Phi) is 5.85. The van der Waals surface area contributed by atoms with Gasteiger partial charge in [-0.05, 0) is 19.8 Å². The van der Waals surface area contributed by atoms with Crippen LogP contribution in [0.25, 0.3) is 0 Å². The van der Waals surface area contributed by atoms with E-state index in [-0.39, 0.29) is 12.2 Å². The lowest BCUT2D eigenvalue weighted by atomic mass is 10.0. The molecule has 3 nitrogen and oxygen atoms in total. The van der Waals surface area contributed by atoms with Gasteiger partial charge in [-0.2, -0.15) is 0 Å². The van der Waals surface area contributed by atoms with Crippen LogP contribution in [0.2, 0.25) is 0 Å². The van der Waals surface area contributed by atoms with Gasteiger partial charge in [0.05, 0.1) is 11.2 Å². The zero-order chi connectivity index (χ0) is 15.2. The second kappa shape index (κ2) is 7.64. The molecule has 0 amide bonds. The molecule has 1 aliphatic rings. The zero-order valence-corrected chi connectivity index (χ0v) is 13.2. The molecule has 1 saturated carbocycles. The van der Waals surface area contributed by atoms with Gasteiger partial charge in [-0.1, -0.05) is 49.1 Å². The van der Waals surface area contributed by atoms with Gasteiger partial charge in [-0.3, -0.25) is 4.79 Å². The fraction of sp³-hybridized carbons (Fsp3) is 0.529. The van der Waals surface area contributed by atoms with Crippen LogP contribution in [0.5, 0.6) is 0 Å². The lowest BCUT2D eigenvalue weighted by molar-refractivity contribution is -0.304. The van der Waals surface area contributed by atoms with E-state index in [1.165, 1.54) is 18.2 Å². The van der Waals surface area contributed by atoms with Gasteiger partial charge in [0.1, 0.15) is 0 Å². The summed E-state index contributed by atoms with van der Waals surface area (Å²) in [5, 5.41) is 10.9. The van der Waals surface area contributed by atoms with Gasteiger partial charge in [0.25, 0.3) is 0 Å². The Morgan fingerprint density at radius 1 is 1.19 bits per heavy atom. The van der Waals surface area contributed by atoms with Crippen molar-refractivity contribution in [1.82, 2.24) is 0 Å². The molecule has 1 aromatic rings. The molecule has 0 saturated heterocycles. The van der Waals surface area contributed by atoms with Crippen LogP contribution < -0.4 is 5.11 Å². The van der Waals surface area contributed by atoms with Gasteiger partial charge < -0.3 is 9.90 Å². The predicted octanol–water partition coefficient (Wildman–Crippen LogP) is 2.75. The van der Waals surface area contributed by atoms with Crippen molar-refractivity contribution in [3.8, 4) is 0 Å². The number of benzene rings is 1. The minimum Gasteiger partial charge on any atom is -0.549 e. The van der Waals surface area contributed by atoms with Crippen molar-refractivity contribution in [2.24, 2.45) is 0 Å². The molecule has 0 radical (unpaired) electrons. The molecule has 0 bridgehead atoms. The van der Waals surface area contributed by atoms with Crippen molar-refractivity contribution in [3.63, 3.8) is 0 Å². The summed E-state index contributed by atoms with van der Waals surface area (Å²) in [6.45, 7) is 1.96. The Bertz CT molecular complexity index is 489. The molecule has 1 aliphatic carbocycles. The molecule has 21 heavy (non-hydrogen) atoms. The number of carboxylic acids is 1. The number of aliphatic carboxylic acids is 1. The lowest BCUT2D eigenvalue weighted by Crippen LogP contribution is -2.36. The number of aryl methyl sites for hydroxylation is 1. The largest absolute Gasteiger partial charge is 0.549 e. The molecule has 0 N–H and O–H groups in total. The number of carbonyl (C=O) groups excluding carboxylic acids is 2. The third kappa shape index (κ3) is 4.88. The van der Waals surface area contributed by atoms with Crippen molar-refractivity contribution in [2.75, 3.05) is 0 Å². The maximum atomic E-state index is 12.2. The Labute approximate surface area is 130 Å². The third-order valence-corrected chi connectivity index (χ3v) is 5.46. The van der Waals surface area contributed by atoms with Crippen LogP contribution in [0.15, 0.2) is 24.3 Å². The molecule has 0 aliphatic heterocycles. The van der Waals surface area contributed by atoms with Gasteiger partial charge >= 0.3 is 0 Å². The molecule has 2 rings (SSSR count). The van der Waals surface area contributed by atoms with Gasteiger partial charge in [-0.25, -0.2) is 0 Å². The van der Waals surface area contributed by atoms with Crippen LogP contribution >= 0.6 is 11.8 Å². The summed E-state index contributed by atoms with van der Waals surface area (Å²) in [5.74, 6) is -1.24. The molecule has 0 unspecified atom stereocenters. The highest BCUT2D eigenvalue weighted by atomic mass is 32.2. The topological polar surface area (TPSA) is 57.2 Å². The second-order valence-electron chi connectivity index (χ2n) is 5.70. The fourth-order valence-corrected chi connectivity index (χ4v) is 4.08. The quantitative estimate of drug-likeness (QED) is 0.758. The smallest absolute Gasteiger partial charge is 0.164 e. The van der Waals surface area contributed by atoms with E-state index in [1.54, 1.807) is 12.1 Å². The van der Waals surface area contributed by atoms with Crippen molar-refractivity contribution >= 4 is 23.5 Å². The lowest BCUT2D eigenvalue weighted by Gasteiger charge is -2.26. The van der Waals surface area contributed by atoms with Gasteiger partial charge in [0.15, 0.2) is 5.78 Å². The number of hydrogen-bond acceptors (Lipinski definition) is 4. The van der Waals surface area contributed by atoms with Crippen LogP contribution in [0, 0.1) is 6.92 Å². The van der Waals surface area contributed by atoms with Gasteiger partial charge in [0, 0.05) is 17.2 Å². The fourth-order valence-electron chi connectivity index (χ4n) is 2.65. The van der Waals surface area contributed by atoms with Crippen LogP contribution in [0.1, 0.15) is 54.4 Å². The normalized spacial score (nSPS) is 17.4. The van der Waals surface area contributed by atoms with Crippen molar-refractivity contribution < 1.29 is 14.7 Å². The number of rotatable bonds is 6. The van der Waals surface area contributed by atoms with Crippen molar-refractivity contribution in [2.45, 2.75) is 55.9 Å². The first-order valence-electron chi connectivity index (χ1n) is 7.52. The number of carboxylic acid groups (broad SMARTS) is 1. The van der Waals surface area contributed by atoms with Crippen LogP contribution in [0.4, 0.5) is 0 Å². The number of ketones is 1. The standard InChI is InChI=1S/C17H22O3S/c1-12-7-9-13(10-8-12)15(18)11-16(17(19)20)21-14-5-3-2-4-6-14/h7-10,14,16H,2-6,11H2,1H3,(H,19,20)/p-1/t16-/m1/s1. The SMILES string of the molecule is Cc1ccc(C(=O)C[C@@H](SC2CCCCC2)C(=O)[O-])cc1. The Balaban J connectivity index is 1.96. The van der Waals surface area contributed by atoms with E-state index in [0.29, 0.717) is 10.8 Å². The molecular formula is C17H21O3S-. The Morgan fingerprint density at radius 2 is 1.81 bits per heavy atom. The van der Waals surface area contributed by atoms with E-state index in [0.717, 1.165) is 31.2 Å². The third-order valence-electron chi connectivity index (χ3n) is 3.92. The molecule has 1 aromatic carbocycles. The predicted molar refractivity (Wildman–Crippen MR) is 83.4 cm³/mol. The average molecular weight is 305 g/mol. The molecule has 114 valence electrons. The summed E-state index contributed by atoms with van der Waals surface area (Å²) in [5.41, 5.74) is 1.66. The Hall–Kier alpha value is -1.29. The van der Waals surface area contributed by atoms with E-state index < -0.39 is 11.2 Å². The maximum absolute atomic E-state index is 12.2. The van der Waals surface area contributed by atoms with E-state index in [2.05, 4.69) is 0 Å². The van der Waals surface area contributed by atoms with E-state index >= 15 is 0 Å². The average Bonchev–Trinajstić information content (AvgIpc) is 2.48. The summed E-state index contributed by atoms with van der Waals surface area (Å²) in [6.07, 6.45) is 5.66. The number of hydrogen-bond donors (Lipinski definition) is 0. The molecular weight excluding hydrogens is 284 g/mol. The monoisotopic (exact) mass is 305 g/mol. The number of carbonyl (C=O) groups is 2. The first-order chi connectivity index (χ1) is 10.1. The summed E-state index contributed by atoms with van der Waals surface area (Å²) in [4.78, 5) is 23.5. The molecule has 1 fully saturated rings. The highest BCUT2D eigenvalue weighted by Crippen LogP contribution is 2.32. The molecule has 0 aromatic heterocycles. The van der Waals surface area contributed by atoms with Gasteiger partial charge in [-0.15, -0.1) is 11.8 Å². The first kappa shape index (κ1) is 16.1. The first-order valence-corrected chi connectivity index (χ1v) is 8.46. The summed E-state index contributed by atoms with van der Waals surface area (Å²) in [6, 6.07) is 7.26. The summed E-state index contributed by atoms with van der Waals surface area (Å²) < 4.78 is 0. The van der Waals surface area contributed by atoms with Crippen LogP contribution in [-0.2, 0) is 4.79 Å². The molecule has 0 spiro atoms. The zero-order valence-electron chi connectivity index (χ0n) is 12.3. The van der Waals surface area contributed by atoms with E-state index in [1.807, 2.05) is 19.1 Å². The van der Waals surface area contributed by atoms with Crippen molar-refractivity contribution in [3.05, 3.63) is 35.4 Å². The minimum atomic E-state index is -1.12. The summed E-state index contributed by atoms with van der Waals surface area (Å²) >= 11 is 1.42. The van der Waals surface area contributed by atoms with E-state index in [9.17, 15) is 14.7 Å². The molecule has 4 heteroatoms. The highest BCUT2D eigenvalue weighted by Gasteiger charge is 2.23. The maximum Gasteiger partial charge on any atom is 0.164 e. The van der Waals surface area contributed by atoms with Gasteiger partial charge in [0.2, 0.25) is 0 Å². The number of Topliss-reactive ketones (excluding diaryl/α,β-unsaturated/α-hetero) is 1. The summed E-state index contributed by atoms with van der Waals surface area (Å²) in [7, 11) is 0. The minimum absolute atomic E-state index is 0.0204. The highest BCUT2D eigenvalue weighted by molar-refractivity contribution is 8.01. The second-order valence-corrected chi connectivity index (χ2v) is 7.20. The van der Waals surface area contributed by atoms with E-state index in [4.69, 9.17) is 0 Å². The van der Waals surface area contributed by atoms with Crippen molar-refractivity contribution in [1.29, 1.82) is 0 Å².